The lowest BCUT2D eigenvalue weighted by atomic mass is 10.2. The van der Waals surface area contributed by atoms with Gasteiger partial charge < -0.3 is 14.6 Å². The maximum Gasteiger partial charge on any atom is 0.433 e. The van der Waals surface area contributed by atoms with Crippen molar-refractivity contribution in [3.05, 3.63) is 60.7 Å². The Morgan fingerprint density at radius 2 is 1.96 bits per heavy atom. The minimum Gasteiger partial charge on any atom is -0.494 e. The third-order valence-corrected chi connectivity index (χ3v) is 3.39. The van der Waals surface area contributed by atoms with Gasteiger partial charge in [0.1, 0.15) is 17.1 Å². The number of pyridine rings is 2. The number of nitrogens with zero attached hydrogens (tertiary/aromatic N) is 4. The van der Waals surface area contributed by atoms with E-state index in [0.717, 1.165) is 12.3 Å². The van der Waals surface area contributed by atoms with Crippen molar-refractivity contribution >= 4 is 11.6 Å². The summed E-state index contributed by atoms with van der Waals surface area (Å²) < 4.78 is 45.1. The summed E-state index contributed by atoms with van der Waals surface area (Å²) in [6.07, 6.45) is 2.26. The van der Waals surface area contributed by atoms with Crippen LogP contribution in [0.2, 0.25) is 0 Å². The standard InChI is InChI=1S/C16H12F3N5O2/c1-26-11-3-5-22-13(14(11)24-7-6-20-9-24)15(25)23-10-2-4-21-12(8-10)16(17,18)19/h2-9H,1H3,(H,21,23,25). The third kappa shape index (κ3) is 3.48. The Balaban J connectivity index is 1.97. The summed E-state index contributed by atoms with van der Waals surface area (Å²) >= 11 is 0. The second-order valence-electron chi connectivity index (χ2n) is 5.06. The summed E-state index contributed by atoms with van der Waals surface area (Å²) in [4.78, 5) is 23.8. The number of carbonyl (C=O) groups is 1. The minimum atomic E-state index is -4.61. The molecule has 10 heteroatoms. The molecule has 0 aromatic carbocycles. The molecule has 0 bridgehead atoms. The van der Waals surface area contributed by atoms with Gasteiger partial charge in [0.25, 0.3) is 5.91 Å². The number of nitrogens with one attached hydrogen (secondary N) is 1. The van der Waals surface area contributed by atoms with Gasteiger partial charge in [0.2, 0.25) is 0 Å². The highest BCUT2D eigenvalue weighted by Gasteiger charge is 2.32. The average Bonchev–Trinajstić information content (AvgIpc) is 3.14. The molecule has 0 spiro atoms. The predicted octanol–water partition coefficient (Wildman–Crippen LogP) is 2.94. The van der Waals surface area contributed by atoms with E-state index in [1.165, 1.54) is 36.5 Å². The number of amides is 1. The topological polar surface area (TPSA) is 81.9 Å². The van der Waals surface area contributed by atoms with Crippen molar-refractivity contribution in [2.24, 2.45) is 0 Å². The van der Waals surface area contributed by atoms with E-state index in [9.17, 15) is 18.0 Å². The van der Waals surface area contributed by atoms with Gasteiger partial charge in [-0.1, -0.05) is 0 Å². The Morgan fingerprint density at radius 3 is 2.62 bits per heavy atom. The third-order valence-electron chi connectivity index (χ3n) is 3.39. The van der Waals surface area contributed by atoms with Crippen molar-refractivity contribution < 1.29 is 22.7 Å². The monoisotopic (exact) mass is 363 g/mol. The Morgan fingerprint density at radius 1 is 1.19 bits per heavy atom. The van der Waals surface area contributed by atoms with Crippen LogP contribution in [0.1, 0.15) is 16.2 Å². The Labute approximate surface area is 145 Å². The van der Waals surface area contributed by atoms with Crippen molar-refractivity contribution in [1.29, 1.82) is 0 Å². The molecule has 3 aromatic rings. The normalized spacial score (nSPS) is 11.2. The van der Waals surface area contributed by atoms with Gasteiger partial charge in [-0.3, -0.25) is 9.78 Å². The predicted molar refractivity (Wildman–Crippen MR) is 85.1 cm³/mol. The molecule has 0 unspecified atom stereocenters. The maximum absolute atomic E-state index is 12.8. The van der Waals surface area contributed by atoms with Crippen molar-refractivity contribution in [2.75, 3.05) is 12.4 Å². The van der Waals surface area contributed by atoms with Crippen LogP contribution < -0.4 is 10.1 Å². The molecule has 0 atom stereocenters. The zero-order chi connectivity index (χ0) is 18.7. The van der Waals surface area contributed by atoms with Crippen LogP contribution in [0.15, 0.2) is 49.3 Å². The number of ether oxygens (including phenoxy) is 1. The Kier molecular flexibility index (Phi) is 4.57. The molecule has 3 aromatic heterocycles. The number of alkyl halides is 3. The summed E-state index contributed by atoms with van der Waals surface area (Å²) in [6.45, 7) is 0. The van der Waals surface area contributed by atoms with Gasteiger partial charge in [0, 0.05) is 36.5 Å². The lowest BCUT2D eigenvalue weighted by Crippen LogP contribution is -2.18. The maximum atomic E-state index is 12.8. The lowest BCUT2D eigenvalue weighted by molar-refractivity contribution is -0.141. The first-order valence-corrected chi connectivity index (χ1v) is 7.26. The summed E-state index contributed by atoms with van der Waals surface area (Å²) in [5.41, 5.74) is -0.884. The van der Waals surface area contributed by atoms with Crippen molar-refractivity contribution in [2.45, 2.75) is 6.18 Å². The van der Waals surface area contributed by atoms with Crippen LogP contribution in [0.4, 0.5) is 18.9 Å². The smallest absolute Gasteiger partial charge is 0.433 e. The Hall–Kier alpha value is -3.43. The van der Waals surface area contributed by atoms with Crippen LogP contribution >= 0.6 is 0 Å². The van der Waals surface area contributed by atoms with Gasteiger partial charge in [-0.05, 0) is 12.1 Å². The first-order chi connectivity index (χ1) is 12.4. The van der Waals surface area contributed by atoms with E-state index in [-0.39, 0.29) is 11.4 Å². The molecule has 0 aliphatic carbocycles. The summed E-state index contributed by atoms with van der Waals surface area (Å²) in [6, 6.07) is 3.56. The molecule has 3 heterocycles. The molecule has 0 saturated heterocycles. The molecule has 1 amide bonds. The second-order valence-corrected chi connectivity index (χ2v) is 5.06. The number of hydrogen-bond acceptors (Lipinski definition) is 5. The van der Waals surface area contributed by atoms with Crippen molar-refractivity contribution in [1.82, 2.24) is 19.5 Å². The molecule has 0 aliphatic rings. The van der Waals surface area contributed by atoms with Gasteiger partial charge in [-0.25, -0.2) is 9.97 Å². The van der Waals surface area contributed by atoms with Gasteiger partial charge in [0.15, 0.2) is 5.69 Å². The second kappa shape index (κ2) is 6.82. The quantitative estimate of drug-likeness (QED) is 0.771. The van der Waals surface area contributed by atoms with E-state index in [1.807, 2.05) is 0 Å². The molecule has 0 radical (unpaired) electrons. The number of halogens is 3. The van der Waals surface area contributed by atoms with Crippen LogP contribution in [0.25, 0.3) is 5.69 Å². The van der Waals surface area contributed by atoms with Crippen LogP contribution in [0.3, 0.4) is 0 Å². The molecule has 1 N–H and O–H groups in total. The van der Waals surface area contributed by atoms with E-state index < -0.39 is 17.8 Å². The van der Waals surface area contributed by atoms with Crippen molar-refractivity contribution in [3.63, 3.8) is 0 Å². The van der Waals surface area contributed by atoms with Crippen LogP contribution in [-0.2, 0) is 6.18 Å². The molecule has 134 valence electrons. The lowest BCUT2D eigenvalue weighted by Gasteiger charge is -2.14. The van der Waals surface area contributed by atoms with E-state index in [2.05, 4.69) is 20.3 Å². The zero-order valence-corrected chi connectivity index (χ0v) is 13.4. The minimum absolute atomic E-state index is 0.0345. The number of imidazole rings is 1. The fraction of sp³-hybridized carbons (Fsp3) is 0.125. The summed E-state index contributed by atoms with van der Waals surface area (Å²) in [5, 5.41) is 2.39. The van der Waals surface area contributed by atoms with E-state index in [0.29, 0.717) is 11.4 Å². The molecule has 7 nitrogen and oxygen atoms in total. The molecule has 0 aliphatic heterocycles. The fourth-order valence-electron chi connectivity index (χ4n) is 2.26. The van der Waals surface area contributed by atoms with Gasteiger partial charge in [-0.15, -0.1) is 0 Å². The van der Waals surface area contributed by atoms with Gasteiger partial charge in [0.05, 0.1) is 13.4 Å². The number of aromatic nitrogens is 4. The van der Waals surface area contributed by atoms with E-state index in [4.69, 9.17) is 4.74 Å². The summed E-state index contributed by atoms with van der Waals surface area (Å²) in [5.74, 6) is -0.346. The molecular formula is C16H12F3N5O2. The van der Waals surface area contributed by atoms with Crippen LogP contribution in [0, 0.1) is 0 Å². The van der Waals surface area contributed by atoms with E-state index in [1.54, 1.807) is 12.3 Å². The zero-order valence-electron chi connectivity index (χ0n) is 13.4. The number of rotatable bonds is 4. The van der Waals surface area contributed by atoms with Crippen LogP contribution in [-0.4, -0.2) is 32.5 Å². The van der Waals surface area contributed by atoms with Gasteiger partial charge in [-0.2, -0.15) is 13.2 Å². The highest BCUT2D eigenvalue weighted by molar-refractivity contribution is 6.05. The van der Waals surface area contributed by atoms with Gasteiger partial charge >= 0.3 is 6.18 Å². The molecule has 26 heavy (non-hydrogen) atoms. The number of anilines is 1. The Bertz CT molecular complexity index is 926. The number of carbonyl (C=O) groups excluding carboxylic acids is 1. The van der Waals surface area contributed by atoms with Crippen LogP contribution in [0.5, 0.6) is 5.75 Å². The number of hydrogen-bond donors (Lipinski definition) is 1. The first kappa shape index (κ1) is 17.4. The highest BCUT2D eigenvalue weighted by Crippen LogP contribution is 2.29. The SMILES string of the molecule is COc1ccnc(C(=O)Nc2ccnc(C(F)(F)F)c2)c1-n1ccnc1. The fourth-order valence-corrected chi connectivity index (χ4v) is 2.26. The largest absolute Gasteiger partial charge is 0.494 e. The molecular weight excluding hydrogens is 351 g/mol. The number of methoxy groups -OCH3 is 1. The first-order valence-electron chi connectivity index (χ1n) is 7.26. The average molecular weight is 363 g/mol. The highest BCUT2D eigenvalue weighted by atomic mass is 19.4. The van der Waals surface area contributed by atoms with E-state index >= 15 is 0 Å². The molecule has 0 fully saturated rings. The summed E-state index contributed by atoms with van der Waals surface area (Å²) in [7, 11) is 1.43. The molecule has 3 rings (SSSR count). The van der Waals surface area contributed by atoms with Crippen molar-refractivity contribution in [3.8, 4) is 11.4 Å². The molecule has 0 saturated carbocycles.